The molecule has 0 spiro atoms. The second-order valence-corrected chi connectivity index (χ2v) is 4.17. The zero-order chi connectivity index (χ0) is 14.1. The van der Waals surface area contributed by atoms with Crippen LogP contribution < -0.4 is 15.8 Å². The maximum atomic E-state index is 11.8. The van der Waals surface area contributed by atoms with Crippen molar-refractivity contribution in [3.63, 3.8) is 0 Å². The van der Waals surface area contributed by atoms with Crippen LogP contribution in [0.3, 0.4) is 0 Å². The van der Waals surface area contributed by atoms with E-state index in [0.717, 1.165) is 24.5 Å². The van der Waals surface area contributed by atoms with Crippen LogP contribution in [0.4, 0.5) is 5.69 Å². The highest BCUT2D eigenvalue weighted by Crippen LogP contribution is 2.15. The number of benzene rings is 1. The van der Waals surface area contributed by atoms with Gasteiger partial charge in [0.1, 0.15) is 12.4 Å². The number of hydrogen-bond acceptors (Lipinski definition) is 4. The van der Waals surface area contributed by atoms with Crippen molar-refractivity contribution in [2.24, 2.45) is 5.73 Å². The van der Waals surface area contributed by atoms with Crippen LogP contribution in [-0.2, 0) is 4.79 Å². The van der Waals surface area contributed by atoms with Crippen LogP contribution >= 0.6 is 0 Å². The molecule has 0 fully saturated rings. The molecule has 0 aromatic heterocycles. The molecule has 1 rings (SSSR count). The molecule has 0 saturated carbocycles. The summed E-state index contributed by atoms with van der Waals surface area (Å²) >= 11 is 0. The normalized spacial score (nSPS) is 10.5. The molecule has 5 heteroatoms. The number of carbonyl (C=O) groups is 1. The van der Waals surface area contributed by atoms with Crippen LogP contribution in [0.15, 0.2) is 24.3 Å². The first kappa shape index (κ1) is 15.5. The van der Waals surface area contributed by atoms with Crippen molar-refractivity contribution in [2.75, 3.05) is 38.1 Å². The molecule has 0 unspecified atom stereocenters. The fourth-order valence-corrected chi connectivity index (χ4v) is 1.66. The summed E-state index contributed by atoms with van der Waals surface area (Å²) in [7, 11) is 0. The zero-order valence-electron chi connectivity index (χ0n) is 11.7. The average Bonchev–Trinajstić information content (AvgIpc) is 2.44. The van der Waals surface area contributed by atoms with E-state index < -0.39 is 0 Å². The number of nitrogens with one attached hydrogen (secondary N) is 1. The first-order valence-electron chi connectivity index (χ1n) is 6.64. The van der Waals surface area contributed by atoms with E-state index >= 15 is 0 Å². The van der Waals surface area contributed by atoms with E-state index in [2.05, 4.69) is 10.2 Å². The fourth-order valence-electron chi connectivity index (χ4n) is 1.66. The van der Waals surface area contributed by atoms with Gasteiger partial charge in [-0.15, -0.1) is 0 Å². The van der Waals surface area contributed by atoms with Crippen molar-refractivity contribution < 1.29 is 9.53 Å². The summed E-state index contributed by atoms with van der Waals surface area (Å²) in [6.45, 7) is 7.22. The molecule has 1 aromatic rings. The molecule has 1 amide bonds. The minimum Gasteiger partial charge on any atom is -0.492 e. The molecular formula is C14H23N3O2. The van der Waals surface area contributed by atoms with Crippen molar-refractivity contribution >= 4 is 11.6 Å². The standard InChI is InChI=1S/C14H23N3O2/c1-3-17(4-2)11-14(18)16-12-5-7-13(8-6-12)19-10-9-15/h5-8H,3-4,9-11,15H2,1-2H3,(H,16,18). The van der Waals surface area contributed by atoms with E-state index in [-0.39, 0.29) is 5.91 Å². The summed E-state index contributed by atoms with van der Waals surface area (Å²) in [6, 6.07) is 7.29. The Kier molecular flexibility index (Phi) is 6.92. The molecule has 0 saturated heterocycles. The second-order valence-electron chi connectivity index (χ2n) is 4.17. The third-order valence-electron chi connectivity index (χ3n) is 2.79. The predicted octanol–water partition coefficient (Wildman–Crippen LogP) is 1.30. The first-order valence-corrected chi connectivity index (χ1v) is 6.64. The summed E-state index contributed by atoms with van der Waals surface area (Å²) in [5.41, 5.74) is 6.13. The van der Waals surface area contributed by atoms with Gasteiger partial charge in [0, 0.05) is 12.2 Å². The summed E-state index contributed by atoms with van der Waals surface area (Å²) in [5, 5.41) is 2.86. The summed E-state index contributed by atoms with van der Waals surface area (Å²) in [4.78, 5) is 13.9. The number of carbonyl (C=O) groups excluding carboxylic acids is 1. The molecule has 0 aliphatic carbocycles. The number of anilines is 1. The molecule has 5 nitrogen and oxygen atoms in total. The Hall–Kier alpha value is -1.59. The van der Waals surface area contributed by atoms with Gasteiger partial charge in [-0.1, -0.05) is 13.8 Å². The number of rotatable bonds is 8. The highest BCUT2D eigenvalue weighted by atomic mass is 16.5. The lowest BCUT2D eigenvalue weighted by atomic mass is 10.3. The van der Waals surface area contributed by atoms with Gasteiger partial charge in [-0.2, -0.15) is 0 Å². The van der Waals surface area contributed by atoms with E-state index in [1.54, 1.807) is 0 Å². The Morgan fingerprint density at radius 2 is 1.89 bits per heavy atom. The number of ether oxygens (including phenoxy) is 1. The lowest BCUT2D eigenvalue weighted by Gasteiger charge is -2.17. The van der Waals surface area contributed by atoms with E-state index in [9.17, 15) is 4.79 Å². The van der Waals surface area contributed by atoms with Crippen LogP contribution in [0.5, 0.6) is 5.75 Å². The SMILES string of the molecule is CCN(CC)CC(=O)Nc1ccc(OCCN)cc1. The van der Waals surface area contributed by atoms with Crippen LogP contribution in [0.2, 0.25) is 0 Å². The quantitative estimate of drug-likeness (QED) is 0.743. The molecule has 0 bridgehead atoms. The Balaban J connectivity index is 2.46. The lowest BCUT2D eigenvalue weighted by molar-refractivity contribution is -0.117. The largest absolute Gasteiger partial charge is 0.492 e. The van der Waals surface area contributed by atoms with Crippen LogP contribution in [0.1, 0.15) is 13.8 Å². The average molecular weight is 265 g/mol. The minimum atomic E-state index is -0.000624. The smallest absolute Gasteiger partial charge is 0.238 e. The van der Waals surface area contributed by atoms with Crippen molar-refractivity contribution in [3.8, 4) is 5.75 Å². The van der Waals surface area contributed by atoms with Gasteiger partial charge in [-0.25, -0.2) is 0 Å². The number of nitrogens with two attached hydrogens (primary N) is 1. The van der Waals surface area contributed by atoms with Gasteiger partial charge in [0.05, 0.1) is 6.54 Å². The maximum absolute atomic E-state index is 11.8. The summed E-state index contributed by atoms with van der Waals surface area (Å²) in [6.07, 6.45) is 0. The van der Waals surface area contributed by atoms with Gasteiger partial charge in [-0.05, 0) is 37.4 Å². The number of hydrogen-bond donors (Lipinski definition) is 2. The monoisotopic (exact) mass is 265 g/mol. The third-order valence-corrected chi connectivity index (χ3v) is 2.79. The van der Waals surface area contributed by atoms with Gasteiger partial charge >= 0.3 is 0 Å². The summed E-state index contributed by atoms with van der Waals surface area (Å²) < 4.78 is 5.37. The molecule has 3 N–H and O–H groups in total. The highest BCUT2D eigenvalue weighted by Gasteiger charge is 2.07. The van der Waals surface area contributed by atoms with Crippen molar-refractivity contribution in [1.29, 1.82) is 0 Å². The van der Waals surface area contributed by atoms with Crippen LogP contribution in [0, 0.1) is 0 Å². The van der Waals surface area contributed by atoms with Crippen molar-refractivity contribution in [2.45, 2.75) is 13.8 Å². The minimum absolute atomic E-state index is 0.000624. The molecule has 0 heterocycles. The van der Waals surface area contributed by atoms with E-state index in [1.165, 1.54) is 0 Å². The van der Waals surface area contributed by atoms with Gasteiger partial charge in [0.15, 0.2) is 0 Å². The highest BCUT2D eigenvalue weighted by molar-refractivity contribution is 5.92. The second kappa shape index (κ2) is 8.50. The Bertz CT molecular complexity index is 375. The number of likely N-dealkylation sites (N-methyl/N-ethyl adjacent to an activating group) is 1. The predicted molar refractivity (Wildman–Crippen MR) is 77.4 cm³/mol. The van der Waals surface area contributed by atoms with Gasteiger partial charge < -0.3 is 15.8 Å². The molecular weight excluding hydrogens is 242 g/mol. The molecule has 0 aliphatic rings. The van der Waals surface area contributed by atoms with E-state index in [0.29, 0.717) is 19.7 Å². The number of nitrogens with zero attached hydrogens (tertiary/aromatic N) is 1. The van der Waals surface area contributed by atoms with E-state index in [1.807, 2.05) is 38.1 Å². The Morgan fingerprint density at radius 3 is 2.42 bits per heavy atom. The van der Waals surface area contributed by atoms with Crippen LogP contribution in [0.25, 0.3) is 0 Å². The van der Waals surface area contributed by atoms with Crippen molar-refractivity contribution in [1.82, 2.24) is 4.90 Å². The third kappa shape index (κ3) is 5.72. The van der Waals surface area contributed by atoms with Crippen LogP contribution in [-0.4, -0.2) is 43.6 Å². The van der Waals surface area contributed by atoms with Gasteiger partial charge in [-0.3, -0.25) is 9.69 Å². The van der Waals surface area contributed by atoms with Crippen molar-refractivity contribution in [3.05, 3.63) is 24.3 Å². The summed E-state index contributed by atoms with van der Waals surface area (Å²) in [5.74, 6) is 0.756. The fraction of sp³-hybridized carbons (Fsp3) is 0.500. The molecule has 0 atom stereocenters. The van der Waals surface area contributed by atoms with Gasteiger partial charge in [0.2, 0.25) is 5.91 Å². The van der Waals surface area contributed by atoms with E-state index in [4.69, 9.17) is 10.5 Å². The first-order chi connectivity index (χ1) is 9.19. The molecule has 0 aliphatic heterocycles. The zero-order valence-corrected chi connectivity index (χ0v) is 11.7. The maximum Gasteiger partial charge on any atom is 0.238 e. The Morgan fingerprint density at radius 1 is 1.26 bits per heavy atom. The lowest BCUT2D eigenvalue weighted by Crippen LogP contribution is -2.32. The number of amides is 1. The topological polar surface area (TPSA) is 67.6 Å². The molecule has 1 aromatic carbocycles. The molecule has 19 heavy (non-hydrogen) atoms. The molecule has 106 valence electrons. The Labute approximate surface area is 114 Å². The van der Waals surface area contributed by atoms with Gasteiger partial charge in [0.25, 0.3) is 0 Å². The molecule has 0 radical (unpaired) electrons.